The van der Waals surface area contributed by atoms with Crippen LogP contribution in [0.25, 0.3) is 0 Å². The first-order valence-corrected chi connectivity index (χ1v) is 8.02. The first-order chi connectivity index (χ1) is 10.6. The van der Waals surface area contributed by atoms with Crippen LogP contribution in [0.4, 0.5) is 4.39 Å². The fourth-order valence-electron chi connectivity index (χ4n) is 3.04. The van der Waals surface area contributed by atoms with Gasteiger partial charge in [-0.05, 0) is 63.5 Å². The van der Waals surface area contributed by atoms with E-state index in [-0.39, 0.29) is 11.9 Å². The molecule has 22 heavy (non-hydrogen) atoms. The summed E-state index contributed by atoms with van der Waals surface area (Å²) in [5.41, 5.74) is 0.856. The van der Waals surface area contributed by atoms with Crippen LogP contribution in [0.1, 0.15) is 25.3 Å². The van der Waals surface area contributed by atoms with E-state index in [2.05, 4.69) is 10.2 Å². The number of piperidine rings is 1. The lowest BCUT2D eigenvalue weighted by Crippen LogP contribution is -2.40. The monoisotopic (exact) mass is 310 g/mol. The van der Waals surface area contributed by atoms with Crippen molar-refractivity contribution >= 4 is 0 Å². The standard InChI is InChI=1S/C17H27FN2O2/c1-13(21)12-20-7-5-14(6-8-20)10-19-11-15-9-16(18)3-4-17(15)22-2/h3-4,9,13-14,19,21H,5-8,10-12H2,1-2H3/t13-/m1/s1. The molecule has 0 aromatic heterocycles. The number of aliphatic hydroxyl groups is 1. The highest BCUT2D eigenvalue weighted by Gasteiger charge is 2.19. The molecular formula is C17H27FN2O2. The molecule has 1 fully saturated rings. The van der Waals surface area contributed by atoms with Gasteiger partial charge in [0.25, 0.3) is 0 Å². The second-order valence-corrected chi connectivity index (χ2v) is 6.18. The lowest BCUT2D eigenvalue weighted by molar-refractivity contribution is 0.0998. The van der Waals surface area contributed by atoms with Crippen molar-refractivity contribution in [2.45, 2.75) is 32.4 Å². The molecule has 0 saturated carbocycles. The molecule has 0 radical (unpaired) electrons. The van der Waals surface area contributed by atoms with Gasteiger partial charge in [0, 0.05) is 18.7 Å². The molecule has 0 spiro atoms. The van der Waals surface area contributed by atoms with Crippen molar-refractivity contribution in [3.05, 3.63) is 29.6 Å². The van der Waals surface area contributed by atoms with Crippen LogP contribution in [-0.4, -0.2) is 49.4 Å². The summed E-state index contributed by atoms with van der Waals surface area (Å²) in [6.07, 6.45) is 2.02. The molecule has 0 aliphatic carbocycles. The van der Waals surface area contributed by atoms with Crippen LogP contribution in [0.15, 0.2) is 18.2 Å². The number of rotatable bonds is 7. The molecule has 2 rings (SSSR count). The van der Waals surface area contributed by atoms with Gasteiger partial charge in [-0.15, -0.1) is 0 Å². The predicted octanol–water partition coefficient (Wildman–Crippen LogP) is 2.02. The highest BCUT2D eigenvalue weighted by molar-refractivity contribution is 5.33. The molecule has 1 atom stereocenters. The second kappa shape index (κ2) is 8.46. The van der Waals surface area contributed by atoms with E-state index in [9.17, 15) is 9.50 Å². The lowest BCUT2D eigenvalue weighted by Gasteiger charge is -2.32. The number of ether oxygens (including phenoxy) is 1. The van der Waals surface area contributed by atoms with E-state index in [0.717, 1.165) is 50.3 Å². The number of β-amino-alcohol motifs (C(OH)–C–C–N with tert-alkyl or cyclic N) is 1. The topological polar surface area (TPSA) is 44.7 Å². The lowest BCUT2D eigenvalue weighted by atomic mass is 9.96. The molecule has 124 valence electrons. The van der Waals surface area contributed by atoms with Gasteiger partial charge in [-0.3, -0.25) is 0 Å². The minimum absolute atomic E-state index is 0.232. The highest BCUT2D eigenvalue weighted by Crippen LogP contribution is 2.20. The maximum absolute atomic E-state index is 13.3. The maximum Gasteiger partial charge on any atom is 0.123 e. The van der Waals surface area contributed by atoms with Gasteiger partial charge in [0.1, 0.15) is 11.6 Å². The maximum atomic E-state index is 13.3. The number of methoxy groups -OCH3 is 1. The van der Waals surface area contributed by atoms with Crippen LogP contribution in [0, 0.1) is 11.7 Å². The molecule has 1 aliphatic heterocycles. The van der Waals surface area contributed by atoms with Gasteiger partial charge < -0.3 is 20.1 Å². The molecule has 0 bridgehead atoms. The normalized spacial score (nSPS) is 18.4. The SMILES string of the molecule is COc1ccc(F)cc1CNCC1CCN(C[C@@H](C)O)CC1. The summed E-state index contributed by atoms with van der Waals surface area (Å²) in [6, 6.07) is 4.61. The number of nitrogens with zero attached hydrogens (tertiary/aromatic N) is 1. The van der Waals surface area contributed by atoms with Crippen LogP contribution < -0.4 is 10.1 Å². The zero-order valence-corrected chi connectivity index (χ0v) is 13.5. The number of likely N-dealkylation sites (tertiary alicyclic amines) is 1. The van der Waals surface area contributed by atoms with Crippen molar-refractivity contribution in [1.29, 1.82) is 0 Å². The molecular weight excluding hydrogens is 283 g/mol. The van der Waals surface area contributed by atoms with Gasteiger partial charge in [0.05, 0.1) is 13.2 Å². The van der Waals surface area contributed by atoms with Gasteiger partial charge in [0.15, 0.2) is 0 Å². The third-order valence-corrected chi connectivity index (χ3v) is 4.22. The molecule has 1 aliphatic rings. The summed E-state index contributed by atoms with van der Waals surface area (Å²) in [7, 11) is 1.61. The Balaban J connectivity index is 1.73. The van der Waals surface area contributed by atoms with Crippen LogP contribution in [0.3, 0.4) is 0 Å². The van der Waals surface area contributed by atoms with E-state index in [1.807, 2.05) is 6.92 Å². The third kappa shape index (κ3) is 5.23. The largest absolute Gasteiger partial charge is 0.496 e. The van der Waals surface area contributed by atoms with E-state index in [1.165, 1.54) is 12.1 Å². The fraction of sp³-hybridized carbons (Fsp3) is 0.647. The summed E-state index contributed by atoms with van der Waals surface area (Å²) < 4.78 is 18.6. The third-order valence-electron chi connectivity index (χ3n) is 4.22. The molecule has 1 aromatic carbocycles. The van der Waals surface area contributed by atoms with Gasteiger partial charge >= 0.3 is 0 Å². The van der Waals surface area contributed by atoms with Crippen molar-refractivity contribution < 1.29 is 14.2 Å². The zero-order chi connectivity index (χ0) is 15.9. The van der Waals surface area contributed by atoms with Gasteiger partial charge in [0.2, 0.25) is 0 Å². The summed E-state index contributed by atoms with van der Waals surface area (Å²) in [5, 5.41) is 12.8. The quantitative estimate of drug-likeness (QED) is 0.809. The fourth-order valence-corrected chi connectivity index (χ4v) is 3.04. The number of halogens is 1. The van der Waals surface area contributed by atoms with Crippen LogP contribution in [-0.2, 0) is 6.54 Å². The average Bonchev–Trinajstić information content (AvgIpc) is 2.49. The number of hydrogen-bond acceptors (Lipinski definition) is 4. The molecule has 2 N–H and O–H groups in total. The van der Waals surface area contributed by atoms with E-state index >= 15 is 0 Å². The van der Waals surface area contributed by atoms with E-state index in [0.29, 0.717) is 12.5 Å². The first kappa shape index (κ1) is 17.2. The summed E-state index contributed by atoms with van der Waals surface area (Å²) >= 11 is 0. The molecule has 0 amide bonds. The Kier molecular flexibility index (Phi) is 6.61. The highest BCUT2D eigenvalue weighted by atomic mass is 19.1. The molecule has 1 saturated heterocycles. The minimum Gasteiger partial charge on any atom is -0.496 e. The number of hydrogen-bond donors (Lipinski definition) is 2. The van der Waals surface area contributed by atoms with Crippen LogP contribution in [0.2, 0.25) is 0 Å². The van der Waals surface area contributed by atoms with Gasteiger partial charge in [-0.2, -0.15) is 0 Å². The Morgan fingerprint density at radius 3 is 2.77 bits per heavy atom. The minimum atomic E-state index is -0.255. The molecule has 1 aromatic rings. The van der Waals surface area contributed by atoms with Crippen molar-refractivity contribution in [1.82, 2.24) is 10.2 Å². The smallest absolute Gasteiger partial charge is 0.123 e. The Morgan fingerprint density at radius 1 is 1.41 bits per heavy atom. The molecule has 5 heteroatoms. The molecule has 1 heterocycles. The van der Waals surface area contributed by atoms with E-state index in [4.69, 9.17) is 4.74 Å². The van der Waals surface area contributed by atoms with E-state index in [1.54, 1.807) is 13.2 Å². The number of nitrogens with one attached hydrogen (secondary N) is 1. The van der Waals surface area contributed by atoms with Crippen molar-refractivity contribution in [2.24, 2.45) is 5.92 Å². The Labute approximate surface area is 132 Å². The Bertz CT molecular complexity index is 460. The summed E-state index contributed by atoms with van der Waals surface area (Å²) in [5.74, 6) is 1.13. The van der Waals surface area contributed by atoms with Crippen molar-refractivity contribution in [3.63, 3.8) is 0 Å². The van der Waals surface area contributed by atoms with Gasteiger partial charge in [-0.1, -0.05) is 0 Å². The van der Waals surface area contributed by atoms with Crippen molar-refractivity contribution in [2.75, 3.05) is 33.3 Å². The number of aliphatic hydroxyl groups excluding tert-OH is 1. The summed E-state index contributed by atoms with van der Waals surface area (Å²) in [6.45, 7) is 6.23. The predicted molar refractivity (Wildman–Crippen MR) is 85.5 cm³/mol. The van der Waals surface area contributed by atoms with Crippen molar-refractivity contribution in [3.8, 4) is 5.75 Å². The molecule has 4 nitrogen and oxygen atoms in total. The zero-order valence-electron chi connectivity index (χ0n) is 13.5. The number of benzene rings is 1. The Hall–Kier alpha value is -1.17. The van der Waals surface area contributed by atoms with Crippen LogP contribution >= 0.6 is 0 Å². The van der Waals surface area contributed by atoms with E-state index < -0.39 is 0 Å². The average molecular weight is 310 g/mol. The Morgan fingerprint density at radius 2 is 2.14 bits per heavy atom. The summed E-state index contributed by atoms with van der Waals surface area (Å²) in [4.78, 5) is 2.32. The van der Waals surface area contributed by atoms with Gasteiger partial charge in [-0.25, -0.2) is 4.39 Å². The van der Waals surface area contributed by atoms with Crippen LogP contribution in [0.5, 0.6) is 5.75 Å². The molecule has 0 unspecified atom stereocenters. The second-order valence-electron chi connectivity index (χ2n) is 6.18. The first-order valence-electron chi connectivity index (χ1n) is 8.02.